The van der Waals surface area contributed by atoms with Crippen LogP contribution in [0.3, 0.4) is 0 Å². The Morgan fingerprint density at radius 1 is 1.64 bits per heavy atom. The number of pyridine rings is 1. The number of aromatic nitrogens is 1. The Labute approximate surface area is 82.8 Å². The summed E-state index contributed by atoms with van der Waals surface area (Å²) in [5.41, 5.74) is 0.290. The first-order valence-electron chi connectivity index (χ1n) is 4.42. The summed E-state index contributed by atoms with van der Waals surface area (Å²) < 4.78 is 13.1. The average Bonchev–Trinajstić information content (AvgIpc) is 2.18. The van der Waals surface area contributed by atoms with Crippen LogP contribution in [0.5, 0.6) is 0 Å². The van der Waals surface area contributed by atoms with E-state index < -0.39 is 11.9 Å². The lowest BCUT2D eigenvalue weighted by molar-refractivity contribution is 0.164. The summed E-state index contributed by atoms with van der Waals surface area (Å²) in [6.45, 7) is 1.74. The van der Waals surface area contributed by atoms with Crippen LogP contribution in [0.25, 0.3) is 0 Å². The van der Waals surface area contributed by atoms with Crippen LogP contribution in [-0.4, -0.2) is 10.1 Å². The summed E-state index contributed by atoms with van der Waals surface area (Å²) in [6.07, 6.45) is 2.79. The molecule has 74 valence electrons. The normalized spacial score (nSPS) is 11.6. The van der Waals surface area contributed by atoms with E-state index in [-0.39, 0.29) is 5.56 Å². The molecule has 0 spiro atoms. The van der Waals surface area contributed by atoms with Crippen LogP contribution >= 0.6 is 0 Å². The van der Waals surface area contributed by atoms with Gasteiger partial charge in [0.2, 0.25) is 0 Å². The molecular weight excluding hydrogens is 181 g/mol. The minimum Gasteiger partial charge on any atom is -0.388 e. The van der Waals surface area contributed by atoms with Crippen molar-refractivity contribution in [1.29, 1.82) is 0 Å². The number of aliphatic hydroxyl groups excluding tert-OH is 1. The van der Waals surface area contributed by atoms with Crippen molar-refractivity contribution >= 4 is 0 Å². The van der Waals surface area contributed by atoms with E-state index in [1.807, 2.05) is 0 Å². The third-order valence-electron chi connectivity index (χ3n) is 1.88. The summed E-state index contributed by atoms with van der Waals surface area (Å²) in [5, 5.41) is 9.59. The zero-order valence-corrected chi connectivity index (χ0v) is 8.00. The van der Waals surface area contributed by atoms with Gasteiger partial charge >= 0.3 is 0 Å². The highest BCUT2D eigenvalue weighted by Crippen LogP contribution is 2.19. The van der Waals surface area contributed by atoms with Gasteiger partial charge in [0.05, 0.1) is 12.3 Å². The van der Waals surface area contributed by atoms with Crippen molar-refractivity contribution in [3.63, 3.8) is 0 Å². The molecule has 2 nitrogen and oxygen atoms in total. The SMILES string of the molecule is CC#CCCC(O)c1ccncc1F. The Morgan fingerprint density at radius 3 is 3.07 bits per heavy atom. The number of halogens is 1. The maximum Gasteiger partial charge on any atom is 0.147 e. The van der Waals surface area contributed by atoms with Gasteiger partial charge in [0.1, 0.15) is 5.82 Å². The number of rotatable bonds is 3. The third kappa shape index (κ3) is 2.82. The monoisotopic (exact) mass is 193 g/mol. The molecular formula is C11H12FNO. The lowest BCUT2D eigenvalue weighted by atomic mass is 10.1. The smallest absolute Gasteiger partial charge is 0.147 e. The molecule has 1 heterocycles. The van der Waals surface area contributed by atoms with Crippen LogP contribution < -0.4 is 0 Å². The summed E-state index contributed by atoms with van der Waals surface area (Å²) >= 11 is 0. The zero-order valence-electron chi connectivity index (χ0n) is 8.00. The minimum absolute atomic E-state index is 0.290. The molecule has 0 saturated carbocycles. The van der Waals surface area contributed by atoms with Gasteiger partial charge in [-0.05, 0) is 19.4 Å². The van der Waals surface area contributed by atoms with Crippen molar-refractivity contribution in [2.75, 3.05) is 0 Å². The van der Waals surface area contributed by atoms with E-state index >= 15 is 0 Å². The van der Waals surface area contributed by atoms with Crippen LogP contribution in [0.2, 0.25) is 0 Å². The molecule has 0 aliphatic heterocycles. The zero-order chi connectivity index (χ0) is 10.4. The van der Waals surface area contributed by atoms with E-state index in [0.717, 1.165) is 6.20 Å². The van der Waals surface area contributed by atoms with Crippen molar-refractivity contribution in [1.82, 2.24) is 4.98 Å². The molecule has 0 saturated heterocycles. The molecule has 0 aliphatic carbocycles. The maximum atomic E-state index is 13.1. The first kappa shape index (κ1) is 10.7. The second-order valence-electron chi connectivity index (χ2n) is 2.88. The van der Waals surface area contributed by atoms with Gasteiger partial charge in [0.25, 0.3) is 0 Å². The Balaban J connectivity index is 2.63. The first-order chi connectivity index (χ1) is 6.75. The molecule has 0 radical (unpaired) electrons. The highest BCUT2D eigenvalue weighted by molar-refractivity contribution is 5.15. The van der Waals surface area contributed by atoms with E-state index in [9.17, 15) is 9.50 Å². The van der Waals surface area contributed by atoms with Gasteiger partial charge in [-0.1, -0.05) is 0 Å². The van der Waals surface area contributed by atoms with Crippen molar-refractivity contribution < 1.29 is 9.50 Å². The van der Waals surface area contributed by atoms with Gasteiger partial charge < -0.3 is 5.11 Å². The van der Waals surface area contributed by atoms with Gasteiger partial charge in [-0.25, -0.2) is 4.39 Å². The second-order valence-corrected chi connectivity index (χ2v) is 2.88. The molecule has 0 aromatic carbocycles. The maximum absolute atomic E-state index is 13.1. The van der Waals surface area contributed by atoms with Crippen molar-refractivity contribution in [2.45, 2.75) is 25.9 Å². The molecule has 0 amide bonds. The van der Waals surface area contributed by atoms with E-state index in [1.165, 1.54) is 12.3 Å². The summed E-state index contributed by atoms with van der Waals surface area (Å²) in [7, 11) is 0. The molecule has 1 N–H and O–H groups in total. The number of nitrogens with zero attached hydrogens (tertiary/aromatic N) is 1. The Kier molecular flexibility index (Phi) is 4.09. The Hall–Kier alpha value is -1.40. The van der Waals surface area contributed by atoms with Crippen molar-refractivity contribution in [2.24, 2.45) is 0 Å². The number of hydrogen-bond donors (Lipinski definition) is 1. The molecule has 14 heavy (non-hydrogen) atoms. The van der Waals surface area contributed by atoms with Gasteiger partial charge in [-0.2, -0.15) is 0 Å². The predicted molar refractivity (Wildman–Crippen MR) is 51.8 cm³/mol. The summed E-state index contributed by atoms with van der Waals surface area (Å²) in [4.78, 5) is 3.61. The molecule has 1 rings (SSSR count). The molecule has 0 aliphatic rings. The molecule has 3 heteroatoms. The van der Waals surface area contributed by atoms with Gasteiger partial charge in [-0.15, -0.1) is 11.8 Å². The van der Waals surface area contributed by atoms with Gasteiger partial charge in [-0.3, -0.25) is 4.98 Å². The van der Waals surface area contributed by atoms with Crippen LogP contribution in [0.1, 0.15) is 31.4 Å². The molecule has 1 atom stereocenters. The van der Waals surface area contributed by atoms with Crippen LogP contribution in [-0.2, 0) is 0 Å². The molecule has 1 unspecified atom stereocenters. The molecule has 1 aromatic heterocycles. The highest BCUT2D eigenvalue weighted by atomic mass is 19.1. The van der Waals surface area contributed by atoms with Crippen molar-refractivity contribution in [3.05, 3.63) is 29.8 Å². The van der Waals surface area contributed by atoms with Gasteiger partial charge in [0, 0.05) is 18.2 Å². The molecule has 1 aromatic rings. The fourth-order valence-electron chi connectivity index (χ4n) is 1.15. The van der Waals surface area contributed by atoms with Gasteiger partial charge in [0.15, 0.2) is 0 Å². The predicted octanol–water partition coefficient (Wildman–Crippen LogP) is 2.06. The Morgan fingerprint density at radius 2 is 2.43 bits per heavy atom. The fraction of sp³-hybridized carbons (Fsp3) is 0.364. The summed E-state index contributed by atoms with van der Waals surface area (Å²) in [5.74, 6) is 5.07. The third-order valence-corrected chi connectivity index (χ3v) is 1.88. The number of hydrogen-bond acceptors (Lipinski definition) is 2. The molecule has 0 fully saturated rings. The average molecular weight is 193 g/mol. The highest BCUT2D eigenvalue weighted by Gasteiger charge is 2.11. The van der Waals surface area contributed by atoms with Crippen LogP contribution in [0.4, 0.5) is 4.39 Å². The number of aliphatic hydroxyl groups is 1. The standard InChI is InChI=1S/C11H12FNO/c1-2-3-4-5-11(14)9-6-7-13-8-10(9)12/h6-8,11,14H,4-5H2,1H3. The minimum atomic E-state index is -0.793. The quantitative estimate of drug-likeness (QED) is 0.745. The summed E-state index contributed by atoms with van der Waals surface area (Å²) in [6, 6.07) is 1.49. The molecule has 0 bridgehead atoms. The first-order valence-corrected chi connectivity index (χ1v) is 4.42. The lowest BCUT2D eigenvalue weighted by Gasteiger charge is -2.09. The van der Waals surface area contributed by atoms with Crippen LogP contribution in [0.15, 0.2) is 18.5 Å². The van der Waals surface area contributed by atoms with Crippen molar-refractivity contribution in [3.8, 4) is 11.8 Å². The van der Waals surface area contributed by atoms with Crippen LogP contribution in [0, 0.1) is 17.7 Å². The fourth-order valence-corrected chi connectivity index (χ4v) is 1.15. The van der Waals surface area contributed by atoms with E-state index in [1.54, 1.807) is 6.92 Å². The van der Waals surface area contributed by atoms with E-state index in [2.05, 4.69) is 16.8 Å². The Bertz CT molecular complexity index is 354. The lowest BCUT2D eigenvalue weighted by Crippen LogP contribution is -2.00. The topological polar surface area (TPSA) is 33.1 Å². The van der Waals surface area contributed by atoms with E-state index in [4.69, 9.17) is 0 Å². The largest absolute Gasteiger partial charge is 0.388 e. The van der Waals surface area contributed by atoms with E-state index in [0.29, 0.717) is 12.8 Å². The second kappa shape index (κ2) is 5.36.